The number of thiophene rings is 1. The summed E-state index contributed by atoms with van der Waals surface area (Å²) in [6.07, 6.45) is 2.06. The smallest absolute Gasteiger partial charge is 0.244 e. The molecule has 32 heavy (non-hydrogen) atoms. The van der Waals surface area contributed by atoms with Crippen molar-refractivity contribution in [3.8, 4) is 0 Å². The third-order valence-electron chi connectivity index (χ3n) is 5.92. The van der Waals surface area contributed by atoms with Crippen LogP contribution in [0.5, 0.6) is 0 Å². The van der Waals surface area contributed by atoms with Crippen molar-refractivity contribution in [3.05, 3.63) is 82.7 Å². The number of para-hydroxylation sites is 3. The second-order valence-corrected chi connectivity index (χ2v) is 8.96. The van der Waals surface area contributed by atoms with Crippen LogP contribution in [0.1, 0.15) is 23.3 Å². The highest BCUT2D eigenvalue weighted by Gasteiger charge is 2.30. The van der Waals surface area contributed by atoms with Gasteiger partial charge in [0.2, 0.25) is 11.8 Å². The Balaban J connectivity index is 1.37. The molecule has 2 amide bonds. The Labute approximate surface area is 190 Å². The standard InChI is InChI=1S/C25H24N4O2S/c1-16(25(31)29-15-24(30)28-21-9-4-5-10-22(21)29)26-14-19(23-11-6-12-32-23)18-13-27-20-8-3-2-7-17(18)20/h2-13,16,19,26-27H,14-15H2,1H3,(H,28,30)/t16-,19+/m0/s1. The lowest BCUT2D eigenvalue weighted by atomic mass is 9.96. The summed E-state index contributed by atoms with van der Waals surface area (Å²) >= 11 is 1.71. The quantitative estimate of drug-likeness (QED) is 0.414. The number of hydrogen-bond acceptors (Lipinski definition) is 4. The van der Waals surface area contributed by atoms with Gasteiger partial charge >= 0.3 is 0 Å². The maximum atomic E-state index is 13.3. The molecule has 0 fully saturated rings. The van der Waals surface area contributed by atoms with E-state index in [2.05, 4.69) is 51.5 Å². The molecule has 3 heterocycles. The lowest BCUT2D eigenvalue weighted by Crippen LogP contribution is -2.50. The van der Waals surface area contributed by atoms with Crippen molar-refractivity contribution >= 4 is 45.4 Å². The number of anilines is 2. The van der Waals surface area contributed by atoms with E-state index in [1.165, 1.54) is 15.8 Å². The van der Waals surface area contributed by atoms with Crippen LogP contribution in [0.15, 0.2) is 72.2 Å². The molecule has 2 aromatic heterocycles. The first-order valence-corrected chi connectivity index (χ1v) is 11.5. The summed E-state index contributed by atoms with van der Waals surface area (Å²) in [5.74, 6) is -0.186. The van der Waals surface area contributed by atoms with Gasteiger partial charge in [-0.1, -0.05) is 36.4 Å². The van der Waals surface area contributed by atoms with Crippen LogP contribution in [-0.4, -0.2) is 35.9 Å². The fourth-order valence-corrected chi connectivity index (χ4v) is 5.13. The fraction of sp³-hybridized carbons (Fsp3) is 0.200. The predicted octanol–water partition coefficient (Wildman–Crippen LogP) is 4.32. The summed E-state index contributed by atoms with van der Waals surface area (Å²) in [4.78, 5) is 31.6. The summed E-state index contributed by atoms with van der Waals surface area (Å²) in [5, 5.41) is 9.54. The molecule has 4 aromatic rings. The van der Waals surface area contributed by atoms with Crippen LogP contribution in [-0.2, 0) is 9.59 Å². The molecule has 1 aliphatic rings. The van der Waals surface area contributed by atoms with Crippen molar-refractivity contribution < 1.29 is 9.59 Å². The largest absolute Gasteiger partial charge is 0.361 e. The second kappa shape index (κ2) is 8.61. The molecule has 162 valence electrons. The number of fused-ring (bicyclic) bond motifs is 2. The Bertz CT molecular complexity index is 1260. The van der Waals surface area contributed by atoms with Gasteiger partial charge in [0.15, 0.2) is 0 Å². The van der Waals surface area contributed by atoms with E-state index < -0.39 is 6.04 Å². The third kappa shape index (κ3) is 3.81. The normalized spacial score (nSPS) is 15.3. The lowest BCUT2D eigenvalue weighted by molar-refractivity contribution is -0.123. The zero-order chi connectivity index (χ0) is 22.1. The first-order valence-electron chi connectivity index (χ1n) is 10.6. The summed E-state index contributed by atoms with van der Waals surface area (Å²) in [6.45, 7) is 2.49. The maximum absolute atomic E-state index is 13.3. The van der Waals surface area contributed by atoms with Gasteiger partial charge in [-0.25, -0.2) is 0 Å². The number of H-pyrrole nitrogens is 1. The molecule has 0 unspecified atom stereocenters. The molecular weight excluding hydrogens is 420 g/mol. The van der Waals surface area contributed by atoms with Crippen molar-refractivity contribution in [2.24, 2.45) is 0 Å². The summed E-state index contributed by atoms with van der Waals surface area (Å²) < 4.78 is 0. The van der Waals surface area contributed by atoms with E-state index in [1.54, 1.807) is 16.2 Å². The van der Waals surface area contributed by atoms with Crippen molar-refractivity contribution in [2.75, 3.05) is 23.3 Å². The summed E-state index contributed by atoms with van der Waals surface area (Å²) in [7, 11) is 0. The first kappa shape index (κ1) is 20.5. The van der Waals surface area contributed by atoms with Gasteiger partial charge in [0.25, 0.3) is 0 Å². The lowest BCUT2D eigenvalue weighted by Gasteiger charge is -2.31. The van der Waals surface area contributed by atoms with Crippen LogP contribution < -0.4 is 15.5 Å². The maximum Gasteiger partial charge on any atom is 0.244 e. The molecule has 2 aromatic carbocycles. The van der Waals surface area contributed by atoms with Gasteiger partial charge < -0.3 is 15.6 Å². The SMILES string of the molecule is C[C@H](NC[C@@H](c1cccs1)c1c[nH]c2ccccc12)C(=O)N1CC(=O)Nc2ccccc21. The molecule has 2 atom stereocenters. The number of rotatable bonds is 6. The van der Waals surface area contributed by atoms with Crippen LogP contribution >= 0.6 is 11.3 Å². The highest BCUT2D eigenvalue weighted by molar-refractivity contribution is 7.10. The van der Waals surface area contributed by atoms with E-state index in [9.17, 15) is 9.59 Å². The Kier molecular flexibility index (Phi) is 5.51. The Morgan fingerprint density at radius 1 is 1.12 bits per heavy atom. The minimum atomic E-state index is -0.443. The van der Waals surface area contributed by atoms with Gasteiger partial charge in [0.1, 0.15) is 6.54 Å². The van der Waals surface area contributed by atoms with Gasteiger partial charge in [-0.05, 0) is 42.1 Å². The monoisotopic (exact) mass is 444 g/mol. The topological polar surface area (TPSA) is 77.2 Å². The number of benzene rings is 2. The fourth-order valence-electron chi connectivity index (χ4n) is 4.28. The second-order valence-electron chi connectivity index (χ2n) is 7.98. The summed E-state index contributed by atoms with van der Waals surface area (Å²) in [5.41, 5.74) is 3.71. The summed E-state index contributed by atoms with van der Waals surface area (Å²) in [6, 6.07) is 19.4. The van der Waals surface area contributed by atoms with Crippen LogP contribution in [0, 0.1) is 0 Å². The van der Waals surface area contributed by atoms with E-state index in [0.29, 0.717) is 12.2 Å². The van der Waals surface area contributed by atoms with Gasteiger partial charge in [-0.2, -0.15) is 0 Å². The number of amides is 2. The zero-order valence-corrected chi connectivity index (χ0v) is 18.5. The van der Waals surface area contributed by atoms with E-state index in [0.717, 1.165) is 11.2 Å². The molecule has 1 aliphatic heterocycles. The minimum absolute atomic E-state index is 0.0265. The van der Waals surface area contributed by atoms with Crippen molar-refractivity contribution in [1.82, 2.24) is 10.3 Å². The number of carbonyl (C=O) groups excluding carboxylic acids is 2. The molecule has 7 heteroatoms. The number of hydrogen-bond donors (Lipinski definition) is 3. The van der Waals surface area contributed by atoms with Crippen LogP contribution in [0.3, 0.4) is 0 Å². The molecule has 0 bridgehead atoms. The highest BCUT2D eigenvalue weighted by atomic mass is 32.1. The molecule has 5 rings (SSSR count). The van der Waals surface area contributed by atoms with Crippen molar-refractivity contribution in [3.63, 3.8) is 0 Å². The molecule has 0 radical (unpaired) electrons. The van der Waals surface area contributed by atoms with Gasteiger partial charge in [0, 0.05) is 34.4 Å². The molecule has 6 nitrogen and oxygen atoms in total. The van der Waals surface area contributed by atoms with Gasteiger partial charge in [-0.3, -0.25) is 14.5 Å². The van der Waals surface area contributed by atoms with Gasteiger partial charge in [0.05, 0.1) is 17.4 Å². The number of aromatic nitrogens is 1. The van der Waals surface area contributed by atoms with Gasteiger partial charge in [-0.15, -0.1) is 11.3 Å². The highest BCUT2D eigenvalue weighted by Crippen LogP contribution is 2.33. The average Bonchev–Trinajstić information content (AvgIpc) is 3.49. The Hall–Kier alpha value is -3.42. The van der Waals surface area contributed by atoms with Crippen molar-refractivity contribution in [2.45, 2.75) is 18.9 Å². The van der Waals surface area contributed by atoms with E-state index in [-0.39, 0.29) is 24.3 Å². The molecule has 0 spiro atoms. The van der Waals surface area contributed by atoms with Crippen molar-refractivity contribution in [1.29, 1.82) is 0 Å². The zero-order valence-electron chi connectivity index (χ0n) is 17.7. The van der Waals surface area contributed by atoms with E-state index in [1.807, 2.05) is 43.3 Å². The van der Waals surface area contributed by atoms with Crippen LogP contribution in [0.2, 0.25) is 0 Å². The predicted molar refractivity (Wildman–Crippen MR) is 129 cm³/mol. The number of nitrogens with one attached hydrogen (secondary N) is 3. The third-order valence-corrected chi connectivity index (χ3v) is 6.90. The number of aromatic amines is 1. The van der Waals surface area contributed by atoms with E-state index in [4.69, 9.17) is 0 Å². The number of nitrogens with zero attached hydrogens (tertiary/aromatic N) is 1. The molecular formula is C25H24N4O2S. The molecule has 0 saturated heterocycles. The molecule has 0 aliphatic carbocycles. The van der Waals surface area contributed by atoms with Crippen LogP contribution in [0.4, 0.5) is 11.4 Å². The number of carbonyl (C=O) groups is 2. The minimum Gasteiger partial charge on any atom is -0.361 e. The molecule has 3 N–H and O–H groups in total. The van der Waals surface area contributed by atoms with E-state index >= 15 is 0 Å². The molecule has 0 saturated carbocycles. The first-order chi connectivity index (χ1) is 15.6. The Morgan fingerprint density at radius 2 is 1.94 bits per heavy atom. The average molecular weight is 445 g/mol. The van der Waals surface area contributed by atoms with Crippen LogP contribution in [0.25, 0.3) is 10.9 Å². The Morgan fingerprint density at radius 3 is 2.78 bits per heavy atom.